The third-order valence-corrected chi connectivity index (χ3v) is 4.82. The molecule has 0 bridgehead atoms. The van der Waals surface area contributed by atoms with Crippen LogP contribution in [0.25, 0.3) is 11.1 Å². The summed E-state index contributed by atoms with van der Waals surface area (Å²) >= 11 is 0. The molecular weight excluding hydrogens is 365 g/mol. The normalized spacial score (nSPS) is 11.0. The molecule has 0 saturated carbocycles. The van der Waals surface area contributed by atoms with Crippen molar-refractivity contribution in [3.05, 3.63) is 82.4 Å². The van der Waals surface area contributed by atoms with Crippen LogP contribution in [0.3, 0.4) is 0 Å². The van der Waals surface area contributed by atoms with Gasteiger partial charge in [0.25, 0.3) is 5.91 Å². The molecule has 0 aliphatic heterocycles. The molecule has 0 fully saturated rings. The highest BCUT2D eigenvalue weighted by Gasteiger charge is 2.24. The Kier molecular flexibility index (Phi) is 5.58. The molecule has 1 aromatic heterocycles. The third kappa shape index (κ3) is 3.67. The van der Waals surface area contributed by atoms with E-state index < -0.39 is 17.5 Å². The molecule has 6 heteroatoms. The molecule has 0 radical (unpaired) electrons. The van der Waals surface area contributed by atoms with E-state index in [9.17, 15) is 18.0 Å². The number of amides is 1. The first kappa shape index (κ1) is 19.7. The summed E-state index contributed by atoms with van der Waals surface area (Å²) in [7, 11) is 0. The third-order valence-electron chi connectivity index (χ3n) is 4.82. The van der Waals surface area contributed by atoms with Gasteiger partial charge in [-0.1, -0.05) is 31.5 Å². The van der Waals surface area contributed by atoms with Crippen molar-refractivity contribution in [1.29, 1.82) is 0 Å². The fourth-order valence-corrected chi connectivity index (χ4v) is 3.56. The van der Waals surface area contributed by atoms with Crippen LogP contribution in [0, 0.1) is 24.4 Å². The highest BCUT2D eigenvalue weighted by Crippen LogP contribution is 2.34. The van der Waals surface area contributed by atoms with Crippen molar-refractivity contribution in [3.63, 3.8) is 0 Å². The summed E-state index contributed by atoms with van der Waals surface area (Å²) < 4.78 is 42.2. The largest absolute Gasteiger partial charge is 0.366 e. The number of primary amides is 1. The first-order valence-electron chi connectivity index (χ1n) is 9.05. The van der Waals surface area contributed by atoms with E-state index in [0.717, 1.165) is 24.2 Å². The Bertz CT molecular complexity index is 1020. The molecule has 28 heavy (non-hydrogen) atoms. The van der Waals surface area contributed by atoms with Gasteiger partial charge in [-0.2, -0.15) is 0 Å². The van der Waals surface area contributed by atoms with Crippen molar-refractivity contribution < 1.29 is 18.0 Å². The Hall–Kier alpha value is -3.02. The zero-order valence-corrected chi connectivity index (χ0v) is 15.7. The van der Waals surface area contributed by atoms with Gasteiger partial charge in [-0.25, -0.2) is 13.2 Å². The van der Waals surface area contributed by atoms with E-state index >= 15 is 0 Å². The van der Waals surface area contributed by atoms with Gasteiger partial charge in [0.05, 0.1) is 5.56 Å². The topological polar surface area (TPSA) is 48.0 Å². The van der Waals surface area contributed by atoms with Crippen molar-refractivity contribution in [2.75, 3.05) is 0 Å². The number of hydrogen-bond donors (Lipinski definition) is 1. The van der Waals surface area contributed by atoms with Crippen molar-refractivity contribution in [2.24, 2.45) is 5.73 Å². The van der Waals surface area contributed by atoms with Crippen LogP contribution in [0.5, 0.6) is 0 Å². The van der Waals surface area contributed by atoms with Crippen LogP contribution < -0.4 is 5.73 Å². The SMILES string of the molecule is CCCc1c(-c2ccc(F)cc2)c(C(N)=O)c(C)n1Cc1ccc(F)c(F)c1. The summed E-state index contributed by atoms with van der Waals surface area (Å²) in [4.78, 5) is 12.2. The minimum Gasteiger partial charge on any atom is -0.366 e. The van der Waals surface area contributed by atoms with Gasteiger partial charge < -0.3 is 10.3 Å². The Morgan fingerprint density at radius 3 is 2.29 bits per heavy atom. The van der Waals surface area contributed by atoms with E-state index in [1.54, 1.807) is 19.1 Å². The predicted molar refractivity (Wildman–Crippen MR) is 103 cm³/mol. The van der Waals surface area contributed by atoms with Crippen molar-refractivity contribution in [2.45, 2.75) is 33.2 Å². The lowest BCUT2D eigenvalue weighted by Crippen LogP contribution is -2.13. The Labute approximate surface area is 161 Å². The molecule has 0 spiro atoms. The minimum atomic E-state index is -0.923. The van der Waals surface area contributed by atoms with E-state index in [4.69, 9.17) is 5.73 Å². The highest BCUT2D eigenvalue weighted by atomic mass is 19.2. The van der Waals surface area contributed by atoms with E-state index in [1.807, 2.05) is 11.5 Å². The van der Waals surface area contributed by atoms with E-state index in [0.29, 0.717) is 34.4 Å². The lowest BCUT2D eigenvalue weighted by atomic mass is 9.98. The number of carbonyl (C=O) groups is 1. The molecule has 3 rings (SSSR count). The van der Waals surface area contributed by atoms with Crippen molar-refractivity contribution in [1.82, 2.24) is 4.57 Å². The van der Waals surface area contributed by atoms with Crippen LogP contribution in [0.15, 0.2) is 42.5 Å². The number of hydrogen-bond acceptors (Lipinski definition) is 1. The molecule has 3 aromatic rings. The first-order valence-corrected chi connectivity index (χ1v) is 9.05. The van der Waals surface area contributed by atoms with E-state index in [2.05, 4.69) is 0 Å². The molecular formula is C22H21F3N2O. The first-order chi connectivity index (χ1) is 13.3. The zero-order valence-electron chi connectivity index (χ0n) is 15.7. The number of rotatable bonds is 6. The summed E-state index contributed by atoms with van der Waals surface area (Å²) in [6.45, 7) is 4.04. The van der Waals surface area contributed by atoms with Gasteiger partial charge in [0.1, 0.15) is 5.82 Å². The number of nitrogens with zero attached hydrogens (tertiary/aromatic N) is 1. The monoisotopic (exact) mass is 386 g/mol. The number of nitrogens with two attached hydrogens (primary N) is 1. The molecule has 0 aliphatic rings. The standard InChI is InChI=1S/C22H21F3N2O/c1-3-4-19-21(15-6-8-16(23)9-7-15)20(22(26)28)13(2)27(19)12-14-5-10-17(24)18(25)11-14/h5-11H,3-4,12H2,1-2H3,(H2,26,28). The molecule has 146 valence electrons. The summed E-state index contributed by atoms with van der Waals surface area (Å²) in [5, 5.41) is 0. The quantitative estimate of drug-likeness (QED) is 0.638. The average molecular weight is 386 g/mol. The molecule has 0 atom stereocenters. The fraction of sp³-hybridized carbons (Fsp3) is 0.227. The van der Waals surface area contributed by atoms with Crippen LogP contribution in [0.1, 0.15) is 40.7 Å². The number of aromatic nitrogens is 1. The van der Waals surface area contributed by atoms with Gasteiger partial charge in [-0.3, -0.25) is 4.79 Å². The summed E-state index contributed by atoms with van der Waals surface area (Å²) in [5.74, 6) is -2.79. The molecule has 0 aliphatic carbocycles. The van der Waals surface area contributed by atoms with Crippen molar-refractivity contribution >= 4 is 5.91 Å². The Morgan fingerprint density at radius 2 is 1.71 bits per heavy atom. The van der Waals surface area contributed by atoms with E-state index in [1.165, 1.54) is 18.2 Å². The van der Waals surface area contributed by atoms with Crippen molar-refractivity contribution in [3.8, 4) is 11.1 Å². The Balaban J connectivity index is 2.21. The Morgan fingerprint density at radius 1 is 1.04 bits per heavy atom. The van der Waals surface area contributed by atoms with Gasteiger partial charge in [0, 0.05) is 23.5 Å². The van der Waals surface area contributed by atoms with Crippen LogP contribution in [0.2, 0.25) is 0 Å². The molecule has 3 nitrogen and oxygen atoms in total. The lowest BCUT2D eigenvalue weighted by Gasteiger charge is -2.13. The van der Waals surface area contributed by atoms with Gasteiger partial charge in [0.2, 0.25) is 0 Å². The average Bonchev–Trinajstić information content (AvgIpc) is 2.92. The second kappa shape index (κ2) is 7.92. The van der Waals surface area contributed by atoms with Crippen LogP contribution in [-0.4, -0.2) is 10.5 Å². The summed E-state index contributed by atoms with van der Waals surface area (Å²) in [6, 6.07) is 9.62. The molecule has 1 amide bonds. The molecule has 1 heterocycles. The molecule has 0 unspecified atom stereocenters. The summed E-state index contributed by atoms with van der Waals surface area (Å²) in [5.41, 5.74) is 9.43. The smallest absolute Gasteiger partial charge is 0.251 e. The fourth-order valence-electron chi connectivity index (χ4n) is 3.56. The van der Waals surface area contributed by atoms with Gasteiger partial charge >= 0.3 is 0 Å². The zero-order chi connectivity index (χ0) is 20.4. The molecule has 2 aromatic carbocycles. The second-order valence-corrected chi connectivity index (χ2v) is 6.74. The summed E-state index contributed by atoms with van der Waals surface area (Å²) in [6.07, 6.45) is 1.44. The van der Waals surface area contributed by atoms with Gasteiger partial charge in [-0.05, 0) is 48.7 Å². The number of halogens is 3. The molecule has 2 N–H and O–H groups in total. The lowest BCUT2D eigenvalue weighted by molar-refractivity contribution is 0.1000. The minimum absolute atomic E-state index is 0.264. The van der Waals surface area contributed by atoms with Crippen LogP contribution >= 0.6 is 0 Å². The maximum Gasteiger partial charge on any atom is 0.251 e. The number of benzene rings is 2. The van der Waals surface area contributed by atoms with E-state index in [-0.39, 0.29) is 12.4 Å². The number of carbonyl (C=O) groups excluding carboxylic acids is 1. The molecule has 0 saturated heterocycles. The predicted octanol–water partition coefficient (Wildman–Crippen LogP) is 4.98. The highest BCUT2D eigenvalue weighted by molar-refractivity contribution is 6.02. The second-order valence-electron chi connectivity index (χ2n) is 6.74. The van der Waals surface area contributed by atoms with Gasteiger partial charge in [0.15, 0.2) is 11.6 Å². The van der Waals surface area contributed by atoms with Crippen LogP contribution in [-0.2, 0) is 13.0 Å². The maximum atomic E-state index is 13.7. The maximum absolute atomic E-state index is 13.7. The van der Waals surface area contributed by atoms with Crippen LogP contribution in [0.4, 0.5) is 13.2 Å². The van der Waals surface area contributed by atoms with Gasteiger partial charge in [-0.15, -0.1) is 0 Å².